The summed E-state index contributed by atoms with van der Waals surface area (Å²) in [5.41, 5.74) is 0. The first-order valence-corrected chi connectivity index (χ1v) is 1.63. The van der Waals surface area contributed by atoms with Crippen LogP contribution >= 0.6 is 12.4 Å². The topological polar surface area (TPSA) is 46.5 Å². The monoisotopic (exact) mass is 126 g/mol. The van der Waals surface area contributed by atoms with Crippen molar-refractivity contribution in [2.45, 2.75) is 6.92 Å². The van der Waals surface area contributed by atoms with Gasteiger partial charge in [0, 0.05) is 0 Å². The Balaban J connectivity index is 0. The third kappa shape index (κ3) is 10.8. The summed E-state index contributed by atoms with van der Waals surface area (Å²) in [5.74, 6) is 0. The smallest absolute Gasteiger partial charge is 0.450 e. The number of hydrogen-bond acceptors (Lipinski definition) is 2. The molecule has 0 saturated heterocycles. The van der Waals surface area contributed by atoms with E-state index in [0.29, 0.717) is 0 Å². The molecule has 0 rings (SSSR count). The maximum Gasteiger partial charge on any atom is 0.505 e. The lowest BCUT2D eigenvalue weighted by Crippen LogP contribution is -1.97. The molecule has 0 spiro atoms. The van der Waals surface area contributed by atoms with Crippen molar-refractivity contribution in [3.8, 4) is 0 Å². The maximum absolute atomic E-state index is 9.38. The van der Waals surface area contributed by atoms with Crippen LogP contribution < -0.4 is 0 Å². The molecule has 0 aliphatic rings. The molecule has 0 atom stereocenters. The first kappa shape index (κ1) is 9.75. The summed E-state index contributed by atoms with van der Waals surface area (Å²) in [6.07, 6.45) is -1.21. The molecule has 3 nitrogen and oxygen atoms in total. The van der Waals surface area contributed by atoms with Crippen LogP contribution in [0.2, 0.25) is 0 Å². The number of ether oxygens (including phenoxy) is 1. The molecule has 0 aromatic carbocycles. The van der Waals surface area contributed by atoms with Gasteiger partial charge in [-0.05, 0) is 6.92 Å². The van der Waals surface area contributed by atoms with Crippen LogP contribution in [0.5, 0.6) is 0 Å². The molecular weight excluding hydrogens is 119 g/mol. The lowest BCUT2D eigenvalue weighted by atomic mass is 10.9. The molecule has 0 aromatic heterocycles. The van der Waals surface area contributed by atoms with Gasteiger partial charge in [-0.3, -0.25) is 0 Å². The minimum atomic E-state index is -1.21. The first-order chi connectivity index (χ1) is 2.77. The molecule has 0 heterocycles. The predicted molar refractivity (Wildman–Crippen MR) is 26.9 cm³/mol. The Labute approximate surface area is 47.7 Å². The lowest BCUT2D eigenvalue weighted by Gasteiger charge is -1.87. The zero-order chi connectivity index (χ0) is 4.99. The number of carboxylic acid groups (broad SMARTS) is 1. The van der Waals surface area contributed by atoms with Gasteiger partial charge in [0.2, 0.25) is 0 Å². The number of hydrogen-bond donors (Lipinski definition) is 1. The fourth-order valence-electron chi connectivity index (χ4n) is 0.123. The zero-order valence-corrected chi connectivity index (χ0v) is 4.70. The second-order valence-corrected chi connectivity index (χ2v) is 0.699. The predicted octanol–water partition coefficient (Wildman–Crippen LogP) is 1.12. The SMILES string of the molecule is CCOC(=O)O.Cl. The second kappa shape index (κ2) is 5.56. The summed E-state index contributed by atoms with van der Waals surface area (Å²) in [7, 11) is 0. The highest BCUT2D eigenvalue weighted by Crippen LogP contribution is 1.69. The fourth-order valence-corrected chi connectivity index (χ4v) is 0.123. The van der Waals surface area contributed by atoms with Crippen LogP contribution in [-0.4, -0.2) is 17.9 Å². The molecule has 0 aliphatic heterocycles. The van der Waals surface area contributed by atoms with Crippen LogP contribution in [0.15, 0.2) is 0 Å². The molecule has 0 saturated carbocycles. The minimum absolute atomic E-state index is 0. The van der Waals surface area contributed by atoms with E-state index in [1.54, 1.807) is 6.92 Å². The molecule has 7 heavy (non-hydrogen) atoms. The molecule has 0 unspecified atom stereocenters. The minimum Gasteiger partial charge on any atom is -0.450 e. The van der Waals surface area contributed by atoms with Crippen molar-refractivity contribution in [1.82, 2.24) is 0 Å². The van der Waals surface area contributed by atoms with E-state index < -0.39 is 6.16 Å². The molecule has 0 aromatic rings. The van der Waals surface area contributed by atoms with Gasteiger partial charge in [0.15, 0.2) is 0 Å². The molecule has 0 fully saturated rings. The van der Waals surface area contributed by atoms with E-state index in [1.807, 2.05) is 0 Å². The van der Waals surface area contributed by atoms with Gasteiger partial charge in [-0.2, -0.15) is 0 Å². The average molecular weight is 127 g/mol. The molecule has 0 aliphatic carbocycles. The quantitative estimate of drug-likeness (QED) is 0.536. The maximum atomic E-state index is 9.38. The van der Waals surface area contributed by atoms with E-state index in [4.69, 9.17) is 5.11 Å². The Bertz CT molecular complexity index is 54.1. The van der Waals surface area contributed by atoms with Gasteiger partial charge in [0.25, 0.3) is 0 Å². The van der Waals surface area contributed by atoms with Gasteiger partial charge < -0.3 is 9.84 Å². The van der Waals surface area contributed by atoms with Crippen molar-refractivity contribution in [1.29, 1.82) is 0 Å². The number of carbonyl (C=O) groups is 1. The van der Waals surface area contributed by atoms with Gasteiger partial charge in [-0.15, -0.1) is 12.4 Å². The Morgan fingerprint density at radius 2 is 2.29 bits per heavy atom. The molecule has 1 N–H and O–H groups in total. The second-order valence-electron chi connectivity index (χ2n) is 0.699. The lowest BCUT2D eigenvalue weighted by molar-refractivity contribution is 0.0966. The summed E-state index contributed by atoms with van der Waals surface area (Å²) in [6.45, 7) is 1.85. The van der Waals surface area contributed by atoms with Crippen molar-refractivity contribution in [2.75, 3.05) is 6.61 Å². The third-order valence-electron chi connectivity index (χ3n) is 0.268. The van der Waals surface area contributed by atoms with Crippen LogP contribution in [0, 0.1) is 0 Å². The zero-order valence-electron chi connectivity index (χ0n) is 3.88. The molecule has 0 radical (unpaired) electrons. The van der Waals surface area contributed by atoms with Crippen LogP contribution in [0.25, 0.3) is 0 Å². The Morgan fingerprint density at radius 3 is 2.29 bits per heavy atom. The Morgan fingerprint density at radius 1 is 1.86 bits per heavy atom. The van der Waals surface area contributed by atoms with Crippen molar-refractivity contribution < 1.29 is 14.6 Å². The van der Waals surface area contributed by atoms with E-state index in [1.165, 1.54) is 0 Å². The molecule has 0 amide bonds. The van der Waals surface area contributed by atoms with Gasteiger partial charge in [0.1, 0.15) is 0 Å². The van der Waals surface area contributed by atoms with Crippen molar-refractivity contribution >= 4 is 18.6 Å². The highest BCUT2D eigenvalue weighted by atomic mass is 35.5. The fraction of sp³-hybridized carbons (Fsp3) is 0.667. The molecule has 44 valence electrons. The molecular formula is C3H7ClO3. The van der Waals surface area contributed by atoms with E-state index in [-0.39, 0.29) is 19.0 Å². The summed E-state index contributed by atoms with van der Waals surface area (Å²) >= 11 is 0. The molecule has 4 heteroatoms. The summed E-state index contributed by atoms with van der Waals surface area (Å²) in [6, 6.07) is 0. The van der Waals surface area contributed by atoms with Crippen LogP contribution in [0.3, 0.4) is 0 Å². The standard InChI is InChI=1S/C3H6O3.ClH/c1-2-6-3(4)5;/h2H2,1H3,(H,4,5);1H. The van der Waals surface area contributed by atoms with Crippen molar-refractivity contribution in [2.24, 2.45) is 0 Å². The highest BCUT2D eigenvalue weighted by molar-refractivity contribution is 5.85. The van der Waals surface area contributed by atoms with Crippen LogP contribution in [0.1, 0.15) is 6.92 Å². The van der Waals surface area contributed by atoms with Gasteiger partial charge in [-0.25, -0.2) is 4.79 Å². The van der Waals surface area contributed by atoms with Gasteiger partial charge >= 0.3 is 6.16 Å². The van der Waals surface area contributed by atoms with Crippen molar-refractivity contribution in [3.63, 3.8) is 0 Å². The molecule has 0 bridgehead atoms. The number of rotatable bonds is 1. The van der Waals surface area contributed by atoms with Gasteiger partial charge in [-0.1, -0.05) is 0 Å². The van der Waals surface area contributed by atoms with E-state index in [2.05, 4.69) is 4.74 Å². The third-order valence-corrected chi connectivity index (χ3v) is 0.268. The summed E-state index contributed by atoms with van der Waals surface area (Å²) in [4.78, 5) is 9.38. The van der Waals surface area contributed by atoms with Crippen LogP contribution in [0.4, 0.5) is 4.79 Å². The van der Waals surface area contributed by atoms with E-state index in [9.17, 15) is 4.79 Å². The average Bonchev–Trinajstić information content (AvgIpc) is 1.35. The number of halogens is 1. The first-order valence-electron chi connectivity index (χ1n) is 1.63. The van der Waals surface area contributed by atoms with Crippen molar-refractivity contribution in [3.05, 3.63) is 0 Å². The van der Waals surface area contributed by atoms with Crippen LogP contribution in [-0.2, 0) is 4.74 Å². The van der Waals surface area contributed by atoms with E-state index in [0.717, 1.165) is 0 Å². The van der Waals surface area contributed by atoms with Gasteiger partial charge in [0.05, 0.1) is 6.61 Å². The summed E-state index contributed by atoms with van der Waals surface area (Å²) < 4.78 is 3.96. The normalized spacial score (nSPS) is 6.43. The Kier molecular flexibility index (Phi) is 7.75. The highest BCUT2D eigenvalue weighted by Gasteiger charge is 1.86. The van der Waals surface area contributed by atoms with E-state index >= 15 is 0 Å². The largest absolute Gasteiger partial charge is 0.505 e. The Hall–Kier alpha value is -0.440. The summed E-state index contributed by atoms with van der Waals surface area (Å²) in [5, 5.41) is 7.69.